The Hall–Kier alpha value is -1.93. The van der Waals surface area contributed by atoms with E-state index < -0.39 is 5.97 Å². The number of carboxylic acids is 1. The molecule has 1 aliphatic rings. The van der Waals surface area contributed by atoms with Crippen LogP contribution >= 0.6 is 0 Å². The summed E-state index contributed by atoms with van der Waals surface area (Å²) >= 11 is 0. The Bertz CT molecular complexity index is 434. The molecule has 2 heterocycles. The van der Waals surface area contributed by atoms with Gasteiger partial charge in [-0.1, -0.05) is 0 Å². The molecule has 1 fully saturated rings. The van der Waals surface area contributed by atoms with Crippen molar-refractivity contribution in [3.63, 3.8) is 0 Å². The van der Waals surface area contributed by atoms with Gasteiger partial charge in [-0.25, -0.2) is 4.79 Å². The number of nitrogens with one attached hydrogen (secondary N) is 2. The minimum atomic E-state index is -1.04. The molecular formula is C11H15N3O5. The summed E-state index contributed by atoms with van der Waals surface area (Å²) < 4.78 is 10.5. The Balaban J connectivity index is 1.91. The van der Waals surface area contributed by atoms with Crippen molar-refractivity contribution in [3.05, 3.63) is 18.0 Å². The maximum absolute atomic E-state index is 11.9. The van der Waals surface area contributed by atoms with Crippen LogP contribution < -0.4 is 5.32 Å². The van der Waals surface area contributed by atoms with Crippen LogP contribution in [0.15, 0.2) is 12.4 Å². The number of aliphatic carboxylic acids is 1. The van der Waals surface area contributed by atoms with E-state index in [1.807, 2.05) is 0 Å². The number of carbonyl (C=O) groups is 2. The normalized spacial score (nSPS) is 22.9. The Morgan fingerprint density at radius 2 is 2.47 bits per heavy atom. The maximum atomic E-state index is 11.9. The first kappa shape index (κ1) is 13.5. The number of ether oxygens (including phenoxy) is 2. The Kier molecular flexibility index (Phi) is 4.48. The van der Waals surface area contributed by atoms with E-state index in [-0.39, 0.29) is 24.7 Å². The van der Waals surface area contributed by atoms with E-state index in [2.05, 4.69) is 15.5 Å². The molecule has 8 heteroatoms. The zero-order valence-electron chi connectivity index (χ0n) is 10.2. The molecule has 0 aliphatic carbocycles. The Morgan fingerprint density at radius 3 is 3.16 bits per heavy atom. The van der Waals surface area contributed by atoms with Crippen molar-refractivity contribution in [1.82, 2.24) is 15.5 Å². The lowest BCUT2D eigenvalue weighted by atomic mass is 10.1. The molecule has 1 saturated heterocycles. The van der Waals surface area contributed by atoms with Gasteiger partial charge in [0.15, 0.2) is 0 Å². The van der Waals surface area contributed by atoms with E-state index in [1.165, 1.54) is 12.4 Å². The first-order valence-corrected chi connectivity index (χ1v) is 5.87. The van der Waals surface area contributed by atoms with Crippen LogP contribution in [0.3, 0.4) is 0 Å². The second kappa shape index (κ2) is 6.30. The topological polar surface area (TPSA) is 114 Å². The van der Waals surface area contributed by atoms with Gasteiger partial charge in [0.1, 0.15) is 6.61 Å². The van der Waals surface area contributed by atoms with Crippen molar-refractivity contribution in [3.8, 4) is 0 Å². The van der Waals surface area contributed by atoms with Crippen molar-refractivity contribution in [2.45, 2.75) is 18.6 Å². The molecule has 0 spiro atoms. The summed E-state index contributed by atoms with van der Waals surface area (Å²) in [6, 6.07) is -0.365. The fourth-order valence-electron chi connectivity index (χ4n) is 1.86. The molecular weight excluding hydrogens is 254 g/mol. The second-order valence-corrected chi connectivity index (χ2v) is 4.17. The summed E-state index contributed by atoms with van der Waals surface area (Å²) in [7, 11) is 0. The van der Waals surface area contributed by atoms with Crippen molar-refractivity contribution < 1.29 is 24.2 Å². The van der Waals surface area contributed by atoms with Gasteiger partial charge >= 0.3 is 5.97 Å². The highest BCUT2D eigenvalue weighted by atomic mass is 16.5. The lowest BCUT2D eigenvalue weighted by molar-refractivity contribution is -0.147. The number of nitrogens with zero attached hydrogens (tertiary/aromatic N) is 1. The Labute approximate surface area is 109 Å². The van der Waals surface area contributed by atoms with Crippen molar-refractivity contribution >= 4 is 11.9 Å². The minimum Gasteiger partial charge on any atom is -0.480 e. The molecule has 104 valence electrons. The quantitative estimate of drug-likeness (QED) is 0.657. The molecule has 0 aromatic carbocycles. The molecule has 1 aliphatic heterocycles. The number of aromatic amines is 1. The molecule has 2 rings (SSSR count). The van der Waals surface area contributed by atoms with Crippen LogP contribution in [0.2, 0.25) is 0 Å². The third-order valence-electron chi connectivity index (χ3n) is 2.79. The van der Waals surface area contributed by atoms with Crippen LogP contribution in [0, 0.1) is 0 Å². The Morgan fingerprint density at radius 1 is 1.63 bits per heavy atom. The van der Waals surface area contributed by atoms with E-state index in [9.17, 15) is 9.59 Å². The van der Waals surface area contributed by atoms with Crippen molar-refractivity contribution in [2.75, 3.05) is 19.8 Å². The lowest BCUT2D eigenvalue weighted by Gasteiger charge is -2.31. The molecule has 2 atom stereocenters. The van der Waals surface area contributed by atoms with Gasteiger partial charge < -0.3 is 19.9 Å². The largest absolute Gasteiger partial charge is 0.480 e. The maximum Gasteiger partial charge on any atom is 0.329 e. The van der Waals surface area contributed by atoms with Gasteiger partial charge in [-0.15, -0.1) is 0 Å². The van der Waals surface area contributed by atoms with Gasteiger partial charge in [-0.2, -0.15) is 5.10 Å². The van der Waals surface area contributed by atoms with Crippen LogP contribution in [-0.2, 0) is 14.3 Å². The monoisotopic (exact) mass is 269 g/mol. The standard InChI is InChI=1S/C11H15N3O5/c15-10(16)6-19-9-1-2-18-5-8(9)14-11(17)7-3-12-13-4-7/h3-4,8-9H,1-2,5-6H2,(H,12,13)(H,14,17)(H,15,16)/t8-,9+/m1/s1. The number of rotatable bonds is 5. The van der Waals surface area contributed by atoms with E-state index in [4.69, 9.17) is 14.6 Å². The number of H-pyrrole nitrogens is 1. The number of hydrogen-bond acceptors (Lipinski definition) is 5. The van der Waals surface area contributed by atoms with Gasteiger partial charge in [0.25, 0.3) is 5.91 Å². The molecule has 1 aromatic rings. The molecule has 19 heavy (non-hydrogen) atoms. The van der Waals surface area contributed by atoms with Crippen LogP contribution in [0.5, 0.6) is 0 Å². The molecule has 0 saturated carbocycles. The number of amides is 1. The highest BCUT2D eigenvalue weighted by Gasteiger charge is 2.28. The van der Waals surface area contributed by atoms with Crippen LogP contribution in [0.1, 0.15) is 16.8 Å². The van der Waals surface area contributed by atoms with Gasteiger partial charge in [-0.3, -0.25) is 9.89 Å². The minimum absolute atomic E-state index is 0.298. The zero-order chi connectivity index (χ0) is 13.7. The summed E-state index contributed by atoms with van der Waals surface area (Å²) in [6.07, 6.45) is 3.07. The van der Waals surface area contributed by atoms with E-state index >= 15 is 0 Å². The second-order valence-electron chi connectivity index (χ2n) is 4.17. The SMILES string of the molecule is O=C(O)CO[C@H]1CCOC[C@H]1NC(=O)c1cn[nH]c1. The van der Waals surface area contributed by atoms with Gasteiger partial charge in [0.05, 0.1) is 30.5 Å². The average Bonchev–Trinajstić information content (AvgIpc) is 2.91. The smallest absolute Gasteiger partial charge is 0.329 e. The molecule has 1 aromatic heterocycles. The van der Waals surface area contributed by atoms with Gasteiger partial charge in [0, 0.05) is 12.8 Å². The highest BCUT2D eigenvalue weighted by molar-refractivity contribution is 5.93. The average molecular weight is 269 g/mol. The third-order valence-corrected chi connectivity index (χ3v) is 2.79. The van der Waals surface area contributed by atoms with Gasteiger partial charge in [-0.05, 0) is 6.42 Å². The number of hydrogen-bond donors (Lipinski definition) is 3. The first-order valence-electron chi connectivity index (χ1n) is 5.87. The lowest BCUT2D eigenvalue weighted by Crippen LogP contribution is -2.50. The summed E-state index contributed by atoms with van der Waals surface area (Å²) in [5, 5.41) is 17.6. The van der Waals surface area contributed by atoms with E-state index in [0.717, 1.165) is 0 Å². The number of carboxylic acid groups (broad SMARTS) is 1. The van der Waals surface area contributed by atoms with Gasteiger partial charge in [0.2, 0.25) is 0 Å². The first-order chi connectivity index (χ1) is 9.16. The summed E-state index contributed by atoms with van der Waals surface area (Å²) in [4.78, 5) is 22.4. The van der Waals surface area contributed by atoms with Crippen molar-refractivity contribution in [2.24, 2.45) is 0 Å². The van der Waals surface area contributed by atoms with Crippen LogP contribution in [0.25, 0.3) is 0 Å². The number of carbonyl (C=O) groups excluding carboxylic acids is 1. The van der Waals surface area contributed by atoms with Crippen LogP contribution in [-0.4, -0.2) is 59.1 Å². The molecule has 0 radical (unpaired) electrons. The van der Waals surface area contributed by atoms with E-state index in [0.29, 0.717) is 25.2 Å². The molecule has 0 bridgehead atoms. The predicted molar refractivity (Wildman–Crippen MR) is 62.7 cm³/mol. The highest BCUT2D eigenvalue weighted by Crippen LogP contribution is 2.12. The number of aromatic nitrogens is 2. The molecule has 0 unspecified atom stereocenters. The predicted octanol–water partition coefficient (Wildman–Crippen LogP) is -0.602. The van der Waals surface area contributed by atoms with Crippen molar-refractivity contribution in [1.29, 1.82) is 0 Å². The molecule has 1 amide bonds. The summed E-state index contributed by atoms with van der Waals surface area (Å²) in [5.74, 6) is -1.33. The van der Waals surface area contributed by atoms with Crippen LogP contribution in [0.4, 0.5) is 0 Å². The molecule has 3 N–H and O–H groups in total. The third kappa shape index (κ3) is 3.76. The fourth-order valence-corrected chi connectivity index (χ4v) is 1.86. The molecule has 8 nitrogen and oxygen atoms in total. The zero-order valence-corrected chi connectivity index (χ0v) is 10.2. The summed E-state index contributed by atoms with van der Waals surface area (Å²) in [5.41, 5.74) is 0.405. The fraction of sp³-hybridized carbons (Fsp3) is 0.545. The summed E-state index contributed by atoms with van der Waals surface area (Å²) in [6.45, 7) is 0.402. The van der Waals surface area contributed by atoms with E-state index in [1.54, 1.807) is 0 Å².